The van der Waals surface area contributed by atoms with E-state index in [0.29, 0.717) is 0 Å². The van der Waals surface area contributed by atoms with E-state index < -0.39 is 11.5 Å². The highest BCUT2D eigenvalue weighted by Crippen LogP contribution is 2.46. The Morgan fingerprint density at radius 2 is 1.07 bits per heavy atom. The van der Waals surface area contributed by atoms with Crippen LogP contribution in [0, 0.1) is 0 Å². The Hall–Kier alpha value is -3.71. The first-order chi connectivity index (χ1) is 20.8. The van der Waals surface area contributed by atoms with E-state index in [1.54, 1.807) is 6.20 Å². The van der Waals surface area contributed by atoms with Gasteiger partial charge in [-0.15, -0.1) is 0 Å². The Morgan fingerprint density at radius 1 is 0.628 bits per heavy atom. The lowest BCUT2D eigenvalue weighted by atomic mass is 9.71. The normalized spacial score (nSPS) is 15.1. The molecular formula is C37H47N3O3. The molecule has 228 valence electrons. The van der Waals surface area contributed by atoms with Gasteiger partial charge in [0.2, 0.25) is 0 Å². The van der Waals surface area contributed by atoms with E-state index in [1.807, 2.05) is 84.9 Å². The van der Waals surface area contributed by atoms with Crippen LogP contribution < -0.4 is 9.47 Å². The summed E-state index contributed by atoms with van der Waals surface area (Å²) in [5, 5.41) is 13.1. The maximum atomic E-state index is 13.1. The number of hydrogen-bond donors (Lipinski definition) is 1. The van der Waals surface area contributed by atoms with Gasteiger partial charge in [-0.05, 0) is 93.1 Å². The van der Waals surface area contributed by atoms with Gasteiger partial charge in [0.25, 0.3) is 0 Å². The van der Waals surface area contributed by atoms with Crippen molar-refractivity contribution in [2.75, 3.05) is 26.2 Å². The number of aromatic nitrogens is 1. The van der Waals surface area contributed by atoms with Crippen LogP contribution in [0.5, 0.6) is 11.5 Å². The third kappa shape index (κ3) is 7.45. The highest BCUT2D eigenvalue weighted by molar-refractivity contribution is 5.48. The Kier molecular flexibility index (Phi) is 11.3. The Morgan fingerprint density at radius 3 is 1.47 bits per heavy atom. The predicted octanol–water partition coefficient (Wildman–Crippen LogP) is 7.28. The minimum absolute atomic E-state index is 0.0587. The second-order valence-corrected chi connectivity index (χ2v) is 10.8. The number of aliphatic hydroxyl groups is 1. The van der Waals surface area contributed by atoms with Crippen molar-refractivity contribution in [1.82, 2.24) is 14.8 Å². The van der Waals surface area contributed by atoms with E-state index in [2.05, 4.69) is 63.5 Å². The zero-order valence-corrected chi connectivity index (χ0v) is 26.5. The summed E-state index contributed by atoms with van der Waals surface area (Å²) in [5.41, 5.74) is 1.80. The molecule has 4 rings (SSSR count). The molecule has 6 heteroatoms. The molecule has 0 aliphatic heterocycles. The van der Waals surface area contributed by atoms with Gasteiger partial charge in [0, 0.05) is 6.20 Å². The summed E-state index contributed by atoms with van der Waals surface area (Å²) in [6.07, 6.45) is 1.66. The Labute approximate surface area is 257 Å². The summed E-state index contributed by atoms with van der Waals surface area (Å²) in [5.74, 6) is 1.04. The summed E-state index contributed by atoms with van der Waals surface area (Å²) in [6.45, 7) is 16.3. The van der Waals surface area contributed by atoms with E-state index in [4.69, 9.17) is 14.5 Å². The quantitative estimate of drug-likeness (QED) is 0.149. The molecule has 0 radical (unpaired) electrons. The van der Waals surface area contributed by atoms with Crippen molar-refractivity contribution < 1.29 is 14.6 Å². The van der Waals surface area contributed by atoms with Gasteiger partial charge in [0.1, 0.15) is 29.6 Å². The van der Waals surface area contributed by atoms with Crippen LogP contribution in [0.3, 0.4) is 0 Å². The minimum Gasteiger partial charge on any atom is -0.475 e. The van der Waals surface area contributed by atoms with Gasteiger partial charge in [-0.2, -0.15) is 0 Å². The van der Waals surface area contributed by atoms with Crippen LogP contribution in [0.15, 0.2) is 103 Å². The highest BCUT2D eigenvalue weighted by atomic mass is 16.5. The van der Waals surface area contributed by atoms with Gasteiger partial charge in [-0.3, -0.25) is 14.8 Å². The van der Waals surface area contributed by atoms with Crippen molar-refractivity contribution in [3.63, 3.8) is 0 Å². The highest BCUT2D eigenvalue weighted by Gasteiger charge is 2.43. The van der Waals surface area contributed by atoms with Crippen LogP contribution >= 0.6 is 0 Å². The van der Waals surface area contributed by atoms with Crippen LogP contribution in [-0.2, 0) is 5.60 Å². The molecule has 0 fully saturated rings. The third-order valence-corrected chi connectivity index (χ3v) is 8.39. The van der Waals surface area contributed by atoms with Gasteiger partial charge >= 0.3 is 0 Å². The average molecular weight is 582 g/mol. The molecular weight excluding hydrogens is 534 g/mol. The van der Waals surface area contributed by atoms with Crippen LogP contribution in [0.1, 0.15) is 69.8 Å². The van der Waals surface area contributed by atoms with E-state index >= 15 is 0 Å². The van der Waals surface area contributed by atoms with E-state index in [-0.39, 0.29) is 12.5 Å². The van der Waals surface area contributed by atoms with Crippen LogP contribution in [0.4, 0.5) is 0 Å². The summed E-state index contributed by atoms with van der Waals surface area (Å²) >= 11 is 0. The molecule has 6 nitrogen and oxygen atoms in total. The predicted molar refractivity (Wildman–Crippen MR) is 174 cm³/mol. The molecule has 0 aliphatic rings. The SMILES string of the molecule is CCN(CC)C(C)Oc1ccc(C(O)(c2ccc(OC(C)N(CC)CC)cc2)C(c2ccccc2)c2ccccn2)cc1. The van der Waals surface area contributed by atoms with Crippen LogP contribution in [-0.4, -0.2) is 58.5 Å². The van der Waals surface area contributed by atoms with E-state index in [9.17, 15) is 5.11 Å². The fourth-order valence-electron chi connectivity index (χ4n) is 5.91. The number of pyridine rings is 1. The largest absolute Gasteiger partial charge is 0.475 e. The molecule has 1 aromatic heterocycles. The van der Waals surface area contributed by atoms with Crippen molar-refractivity contribution >= 4 is 0 Å². The topological polar surface area (TPSA) is 58.1 Å². The minimum atomic E-state index is -1.44. The second-order valence-electron chi connectivity index (χ2n) is 10.8. The smallest absolute Gasteiger partial charge is 0.149 e. The molecule has 43 heavy (non-hydrogen) atoms. The first kappa shape index (κ1) is 32.2. The number of hydrogen-bond acceptors (Lipinski definition) is 6. The lowest BCUT2D eigenvalue weighted by Gasteiger charge is -2.38. The van der Waals surface area contributed by atoms with Gasteiger partial charge in [0.15, 0.2) is 0 Å². The van der Waals surface area contributed by atoms with Gasteiger partial charge < -0.3 is 14.6 Å². The molecule has 0 saturated carbocycles. The van der Waals surface area contributed by atoms with Crippen LogP contribution in [0.25, 0.3) is 0 Å². The number of ether oxygens (including phenoxy) is 2. The molecule has 0 bridgehead atoms. The molecule has 3 aromatic carbocycles. The standard InChI is InChI=1S/C37H47N3O3/c1-7-39(8-2)28(5)42-33-23-19-31(20-24-33)37(41,32-21-25-34(26-22-32)43-29(6)40(9-3)10-4)36(30-16-12-11-13-17-30)35-18-14-15-27-38-35/h11-29,36,41H,7-10H2,1-6H3. The summed E-state index contributed by atoms with van der Waals surface area (Å²) in [6, 6.07) is 31.6. The molecule has 4 aromatic rings. The first-order valence-corrected chi connectivity index (χ1v) is 15.6. The van der Waals surface area contributed by atoms with E-state index in [1.165, 1.54) is 0 Å². The van der Waals surface area contributed by atoms with Crippen molar-refractivity contribution in [1.29, 1.82) is 0 Å². The Balaban J connectivity index is 1.79. The molecule has 3 unspecified atom stereocenters. The third-order valence-electron chi connectivity index (χ3n) is 8.39. The molecule has 0 spiro atoms. The average Bonchev–Trinajstić information content (AvgIpc) is 3.04. The number of rotatable bonds is 15. The van der Waals surface area contributed by atoms with Crippen molar-refractivity contribution in [3.05, 3.63) is 126 Å². The lowest BCUT2D eigenvalue weighted by Crippen LogP contribution is -2.37. The van der Waals surface area contributed by atoms with Crippen molar-refractivity contribution in [2.45, 2.75) is 65.5 Å². The fourth-order valence-corrected chi connectivity index (χ4v) is 5.91. The molecule has 0 amide bonds. The monoisotopic (exact) mass is 581 g/mol. The molecule has 0 aliphatic carbocycles. The maximum Gasteiger partial charge on any atom is 0.149 e. The van der Waals surface area contributed by atoms with Crippen LogP contribution in [0.2, 0.25) is 0 Å². The van der Waals surface area contributed by atoms with E-state index in [0.717, 1.165) is 60.1 Å². The molecule has 3 atom stereocenters. The summed E-state index contributed by atoms with van der Waals surface area (Å²) in [4.78, 5) is 9.25. The zero-order valence-electron chi connectivity index (χ0n) is 26.5. The molecule has 1 heterocycles. The fraction of sp³-hybridized carbons (Fsp3) is 0.378. The molecule has 1 N–H and O–H groups in total. The summed E-state index contributed by atoms with van der Waals surface area (Å²) in [7, 11) is 0. The summed E-state index contributed by atoms with van der Waals surface area (Å²) < 4.78 is 12.5. The number of benzene rings is 3. The van der Waals surface area contributed by atoms with Crippen molar-refractivity contribution in [2.24, 2.45) is 0 Å². The Bertz CT molecular complexity index is 1250. The van der Waals surface area contributed by atoms with Gasteiger partial charge in [0.05, 0.1) is 11.6 Å². The van der Waals surface area contributed by atoms with Gasteiger partial charge in [-0.1, -0.05) is 88.4 Å². The zero-order chi connectivity index (χ0) is 30.8. The maximum absolute atomic E-state index is 13.1. The molecule has 0 saturated heterocycles. The van der Waals surface area contributed by atoms with Gasteiger partial charge in [-0.25, -0.2) is 0 Å². The second kappa shape index (κ2) is 15.1. The first-order valence-electron chi connectivity index (χ1n) is 15.6. The van der Waals surface area contributed by atoms with Crippen molar-refractivity contribution in [3.8, 4) is 11.5 Å². The number of nitrogens with zero attached hydrogens (tertiary/aromatic N) is 3. The lowest BCUT2D eigenvalue weighted by molar-refractivity contribution is 0.0470.